The van der Waals surface area contributed by atoms with Gasteiger partial charge in [0.15, 0.2) is 6.61 Å². The van der Waals surface area contributed by atoms with Gasteiger partial charge in [0.1, 0.15) is 11.6 Å². The molecule has 1 saturated carbocycles. The number of ether oxygens (including phenoxy) is 1. The highest BCUT2D eigenvalue weighted by Gasteiger charge is 2.30. The summed E-state index contributed by atoms with van der Waals surface area (Å²) < 4.78 is 18.9. The van der Waals surface area contributed by atoms with Gasteiger partial charge in [-0.25, -0.2) is 4.39 Å². The number of carbonyl (C=O) groups excluding carboxylic acids is 2. The highest BCUT2D eigenvalue weighted by atomic mass is 19.1. The molecule has 0 aromatic heterocycles. The Kier molecular flexibility index (Phi) is 4.56. The van der Waals surface area contributed by atoms with Gasteiger partial charge in [-0.2, -0.15) is 0 Å². The summed E-state index contributed by atoms with van der Waals surface area (Å²) in [6.07, 6.45) is 1.88. The molecule has 4 rings (SSSR count). The van der Waals surface area contributed by atoms with E-state index in [9.17, 15) is 14.0 Å². The Morgan fingerprint density at radius 2 is 1.96 bits per heavy atom. The van der Waals surface area contributed by atoms with Crippen LogP contribution in [-0.4, -0.2) is 23.3 Å². The van der Waals surface area contributed by atoms with Gasteiger partial charge in [-0.05, 0) is 55.7 Å². The molecular formula is C21H21FN2O3. The van der Waals surface area contributed by atoms with E-state index in [1.165, 1.54) is 12.1 Å². The predicted octanol–water partition coefficient (Wildman–Crippen LogP) is 3.66. The second-order valence-corrected chi connectivity index (χ2v) is 7.12. The Labute approximate surface area is 157 Å². The minimum Gasteiger partial charge on any atom is -0.483 e. The Balaban J connectivity index is 1.57. The topological polar surface area (TPSA) is 58.6 Å². The molecule has 1 aliphatic carbocycles. The summed E-state index contributed by atoms with van der Waals surface area (Å²) in [7, 11) is 0. The van der Waals surface area contributed by atoms with Crippen LogP contribution >= 0.6 is 0 Å². The lowest BCUT2D eigenvalue weighted by molar-refractivity contribution is -0.135. The van der Waals surface area contributed by atoms with Gasteiger partial charge in [0.25, 0.3) is 5.91 Å². The summed E-state index contributed by atoms with van der Waals surface area (Å²) >= 11 is 0. The molecule has 1 heterocycles. The van der Waals surface area contributed by atoms with Crippen molar-refractivity contribution in [1.82, 2.24) is 4.90 Å². The van der Waals surface area contributed by atoms with Crippen LogP contribution in [0.4, 0.5) is 10.1 Å². The van der Waals surface area contributed by atoms with Gasteiger partial charge < -0.3 is 15.0 Å². The molecule has 1 atom stereocenters. The van der Waals surface area contributed by atoms with Crippen molar-refractivity contribution in [3.63, 3.8) is 0 Å². The van der Waals surface area contributed by atoms with Gasteiger partial charge in [0.05, 0.1) is 12.6 Å². The summed E-state index contributed by atoms with van der Waals surface area (Å²) in [6, 6.07) is 11.4. The van der Waals surface area contributed by atoms with Crippen molar-refractivity contribution < 1.29 is 18.7 Å². The number of amides is 2. The fourth-order valence-corrected chi connectivity index (χ4v) is 3.28. The van der Waals surface area contributed by atoms with Gasteiger partial charge in [-0.1, -0.05) is 12.1 Å². The molecule has 1 N–H and O–H groups in total. The lowest BCUT2D eigenvalue weighted by Crippen LogP contribution is -2.34. The van der Waals surface area contributed by atoms with Gasteiger partial charge >= 0.3 is 0 Å². The summed E-state index contributed by atoms with van der Waals surface area (Å²) in [6.45, 7) is 2.22. The molecule has 0 radical (unpaired) electrons. The molecule has 5 nitrogen and oxygen atoms in total. The largest absolute Gasteiger partial charge is 0.483 e. The zero-order chi connectivity index (χ0) is 19.0. The molecular weight excluding hydrogens is 347 g/mol. The average Bonchev–Trinajstić information content (AvgIpc) is 3.50. The van der Waals surface area contributed by atoms with Crippen molar-refractivity contribution in [2.75, 3.05) is 11.9 Å². The number of rotatable bonds is 4. The van der Waals surface area contributed by atoms with Crippen molar-refractivity contribution >= 4 is 17.5 Å². The van der Waals surface area contributed by atoms with E-state index in [1.807, 2.05) is 13.0 Å². The van der Waals surface area contributed by atoms with Crippen LogP contribution in [0.3, 0.4) is 0 Å². The SMILES string of the molecule is C[C@@H](c1ccc(F)cc1)N1Cc2cc(NC(=O)C3CC3)ccc2OCC1=O. The second-order valence-electron chi connectivity index (χ2n) is 7.12. The molecule has 2 aliphatic rings. The van der Waals surface area contributed by atoms with Gasteiger partial charge in [0.2, 0.25) is 5.91 Å². The average molecular weight is 368 g/mol. The van der Waals surface area contributed by atoms with Crippen LogP contribution in [0, 0.1) is 11.7 Å². The zero-order valence-corrected chi connectivity index (χ0v) is 15.1. The van der Waals surface area contributed by atoms with E-state index < -0.39 is 0 Å². The number of anilines is 1. The monoisotopic (exact) mass is 368 g/mol. The van der Waals surface area contributed by atoms with E-state index in [1.54, 1.807) is 29.2 Å². The molecule has 2 amide bonds. The second kappa shape index (κ2) is 7.02. The molecule has 1 fully saturated rings. The number of halogens is 1. The third-order valence-electron chi connectivity index (χ3n) is 5.11. The van der Waals surface area contributed by atoms with Crippen LogP contribution in [-0.2, 0) is 16.1 Å². The number of hydrogen-bond acceptors (Lipinski definition) is 3. The van der Waals surface area contributed by atoms with Crippen molar-refractivity contribution in [2.45, 2.75) is 32.4 Å². The Morgan fingerprint density at radius 1 is 1.22 bits per heavy atom. The Hall–Kier alpha value is -2.89. The highest BCUT2D eigenvalue weighted by molar-refractivity contribution is 5.94. The molecule has 1 aliphatic heterocycles. The summed E-state index contributed by atoms with van der Waals surface area (Å²) in [4.78, 5) is 26.3. The van der Waals surface area contributed by atoms with Crippen molar-refractivity contribution in [3.05, 3.63) is 59.4 Å². The Bertz CT molecular complexity index is 877. The van der Waals surface area contributed by atoms with Crippen LogP contribution in [0.5, 0.6) is 5.75 Å². The minimum atomic E-state index is -0.308. The molecule has 0 saturated heterocycles. The first-order valence-corrected chi connectivity index (χ1v) is 9.13. The van der Waals surface area contributed by atoms with Crippen LogP contribution in [0.2, 0.25) is 0 Å². The highest BCUT2D eigenvalue weighted by Crippen LogP contribution is 2.33. The first kappa shape index (κ1) is 17.5. The molecule has 0 bridgehead atoms. The minimum absolute atomic E-state index is 0.0390. The normalized spacial score (nSPS) is 17.6. The van der Waals surface area contributed by atoms with Gasteiger partial charge in [-0.15, -0.1) is 0 Å². The predicted molar refractivity (Wildman–Crippen MR) is 98.7 cm³/mol. The number of benzene rings is 2. The van der Waals surface area contributed by atoms with Gasteiger partial charge in [-0.3, -0.25) is 9.59 Å². The first-order chi connectivity index (χ1) is 13.0. The number of carbonyl (C=O) groups is 2. The standard InChI is InChI=1S/C21H21FN2O3/c1-13(14-4-6-17(22)7-5-14)24-11-16-10-18(23-21(26)15-2-3-15)8-9-19(16)27-12-20(24)25/h4-10,13,15H,2-3,11-12H2,1H3,(H,23,26)/t13-/m0/s1. The molecule has 27 heavy (non-hydrogen) atoms. The van der Waals surface area contributed by atoms with E-state index in [2.05, 4.69) is 5.32 Å². The fraction of sp³-hybridized carbons (Fsp3) is 0.333. The van der Waals surface area contributed by atoms with Crippen LogP contribution < -0.4 is 10.1 Å². The molecule has 2 aromatic rings. The van der Waals surface area contributed by atoms with E-state index in [-0.39, 0.29) is 36.2 Å². The van der Waals surface area contributed by atoms with E-state index in [0.717, 1.165) is 24.0 Å². The lowest BCUT2D eigenvalue weighted by Gasteiger charge is -2.28. The van der Waals surface area contributed by atoms with Crippen molar-refractivity contribution in [3.8, 4) is 5.75 Å². The van der Waals surface area contributed by atoms with Crippen LogP contribution in [0.1, 0.15) is 36.9 Å². The number of nitrogens with zero attached hydrogens (tertiary/aromatic N) is 1. The fourth-order valence-electron chi connectivity index (χ4n) is 3.28. The third-order valence-corrected chi connectivity index (χ3v) is 5.11. The number of fused-ring (bicyclic) bond motifs is 1. The summed E-state index contributed by atoms with van der Waals surface area (Å²) in [5, 5.41) is 2.93. The molecule has 140 valence electrons. The maximum Gasteiger partial charge on any atom is 0.261 e. The zero-order valence-electron chi connectivity index (χ0n) is 15.1. The van der Waals surface area contributed by atoms with Crippen LogP contribution in [0.25, 0.3) is 0 Å². The maximum absolute atomic E-state index is 13.2. The van der Waals surface area contributed by atoms with E-state index >= 15 is 0 Å². The maximum atomic E-state index is 13.2. The molecule has 2 aromatic carbocycles. The molecule has 6 heteroatoms. The lowest BCUT2D eigenvalue weighted by atomic mass is 10.1. The third kappa shape index (κ3) is 3.79. The number of nitrogens with one attached hydrogen (secondary N) is 1. The number of hydrogen-bond donors (Lipinski definition) is 1. The van der Waals surface area contributed by atoms with E-state index in [4.69, 9.17) is 4.74 Å². The van der Waals surface area contributed by atoms with E-state index in [0.29, 0.717) is 18.0 Å². The smallest absolute Gasteiger partial charge is 0.261 e. The molecule has 0 unspecified atom stereocenters. The summed E-state index contributed by atoms with van der Waals surface area (Å²) in [5.74, 6) is 0.361. The van der Waals surface area contributed by atoms with Crippen molar-refractivity contribution in [1.29, 1.82) is 0 Å². The quantitative estimate of drug-likeness (QED) is 0.896. The van der Waals surface area contributed by atoms with Gasteiger partial charge in [0, 0.05) is 17.2 Å². The van der Waals surface area contributed by atoms with Crippen LogP contribution in [0.15, 0.2) is 42.5 Å². The first-order valence-electron chi connectivity index (χ1n) is 9.13. The summed E-state index contributed by atoms with van der Waals surface area (Å²) in [5.41, 5.74) is 2.40. The Morgan fingerprint density at radius 3 is 2.67 bits per heavy atom. The molecule has 0 spiro atoms. The van der Waals surface area contributed by atoms with Crippen molar-refractivity contribution in [2.24, 2.45) is 5.92 Å².